The van der Waals surface area contributed by atoms with Crippen LogP contribution in [0, 0.1) is 6.57 Å². The first-order valence-electron chi connectivity index (χ1n) is 3.14. The van der Waals surface area contributed by atoms with Gasteiger partial charge in [0.2, 0.25) is 0 Å². The van der Waals surface area contributed by atoms with Gasteiger partial charge in [-0.3, -0.25) is 4.79 Å². The lowest BCUT2D eigenvalue weighted by molar-refractivity contribution is -0.127. The molecule has 0 aromatic rings. The summed E-state index contributed by atoms with van der Waals surface area (Å²) in [4.78, 5) is 15.9. The Hall–Kier alpha value is -1.30. The molecule has 0 bridgehead atoms. The Kier molecular flexibility index (Phi) is 2.06. The summed E-state index contributed by atoms with van der Waals surface area (Å²) in [7, 11) is 0. The molecular weight excluding hydrogens is 128 g/mol. The van der Waals surface area contributed by atoms with Crippen molar-refractivity contribution in [3.05, 3.63) is 17.0 Å². The summed E-state index contributed by atoms with van der Waals surface area (Å²) < 4.78 is 0. The molecule has 0 fully saturated rings. The van der Waals surface area contributed by atoms with Crippen molar-refractivity contribution in [3.63, 3.8) is 0 Å². The first kappa shape index (κ1) is 6.81. The van der Waals surface area contributed by atoms with Gasteiger partial charge in [-0.2, -0.15) is 0 Å². The fourth-order valence-electron chi connectivity index (χ4n) is 0.860. The van der Waals surface area contributed by atoms with Crippen LogP contribution in [0.2, 0.25) is 0 Å². The van der Waals surface area contributed by atoms with E-state index < -0.39 is 0 Å². The molecule has 0 aromatic carbocycles. The Balaban J connectivity index is 2.37. The molecule has 0 N–H and O–H groups in total. The summed E-state index contributed by atoms with van der Waals surface area (Å²) in [6.07, 6.45) is 3.91. The van der Waals surface area contributed by atoms with Crippen LogP contribution < -0.4 is 0 Å². The maximum atomic E-state index is 11.0. The highest BCUT2D eigenvalue weighted by Gasteiger charge is 2.16. The highest BCUT2D eigenvalue weighted by Crippen LogP contribution is 1.98. The Labute approximate surface area is 59.8 Å². The van der Waals surface area contributed by atoms with Crippen LogP contribution in [0.1, 0.15) is 0 Å². The van der Waals surface area contributed by atoms with Crippen LogP contribution in [0.25, 0.3) is 4.85 Å². The first-order chi connectivity index (χ1) is 4.84. The van der Waals surface area contributed by atoms with E-state index in [0.717, 1.165) is 0 Å². The molecule has 1 aliphatic heterocycles. The predicted octanol–water partition coefficient (Wildman–Crippen LogP) is 0.348. The SMILES string of the molecule is C#[N+]CC(=O)N1CC=CC1. The number of hydrogen-bond donors (Lipinski definition) is 0. The summed E-state index contributed by atoms with van der Waals surface area (Å²) in [6, 6.07) is 0. The number of amides is 1. The van der Waals surface area contributed by atoms with E-state index >= 15 is 0 Å². The molecule has 1 amide bonds. The highest BCUT2D eigenvalue weighted by atomic mass is 16.2. The molecule has 3 heteroatoms. The lowest BCUT2D eigenvalue weighted by Crippen LogP contribution is -2.29. The zero-order chi connectivity index (χ0) is 7.40. The van der Waals surface area contributed by atoms with Gasteiger partial charge in [0.1, 0.15) is 0 Å². The molecule has 10 heavy (non-hydrogen) atoms. The van der Waals surface area contributed by atoms with Crippen LogP contribution in [0.3, 0.4) is 0 Å². The minimum Gasteiger partial charge on any atom is -0.329 e. The summed E-state index contributed by atoms with van der Waals surface area (Å²) in [5.74, 6) is -0.00694. The second-order valence-corrected chi connectivity index (χ2v) is 2.11. The molecule has 0 aliphatic carbocycles. The zero-order valence-corrected chi connectivity index (χ0v) is 5.66. The molecule has 52 valence electrons. The first-order valence-corrected chi connectivity index (χ1v) is 3.14. The van der Waals surface area contributed by atoms with Gasteiger partial charge in [-0.25, -0.2) is 0 Å². The fraction of sp³-hybridized carbons (Fsp3) is 0.429. The molecule has 0 saturated heterocycles. The smallest absolute Gasteiger partial charge is 0.329 e. The van der Waals surface area contributed by atoms with Gasteiger partial charge in [0, 0.05) is 13.1 Å². The summed E-state index contributed by atoms with van der Waals surface area (Å²) in [6.45, 7) is 6.36. The van der Waals surface area contributed by atoms with Crippen molar-refractivity contribution >= 4 is 5.91 Å². The van der Waals surface area contributed by atoms with Crippen LogP contribution in [0.5, 0.6) is 0 Å². The second-order valence-electron chi connectivity index (χ2n) is 2.11. The van der Waals surface area contributed by atoms with Crippen molar-refractivity contribution < 1.29 is 4.79 Å². The van der Waals surface area contributed by atoms with Crippen LogP contribution in [0.4, 0.5) is 0 Å². The van der Waals surface area contributed by atoms with E-state index in [1.165, 1.54) is 0 Å². The van der Waals surface area contributed by atoms with E-state index in [0.29, 0.717) is 13.1 Å². The second kappa shape index (κ2) is 3.02. The maximum Gasteiger partial charge on any atom is 0.340 e. The molecule has 3 nitrogen and oxygen atoms in total. The molecule has 1 aliphatic rings. The van der Waals surface area contributed by atoms with Crippen molar-refractivity contribution in [3.8, 4) is 6.57 Å². The van der Waals surface area contributed by atoms with Crippen molar-refractivity contribution in [1.29, 1.82) is 0 Å². The molecule has 0 spiro atoms. The van der Waals surface area contributed by atoms with E-state index in [9.17, 15) is 4.79 Å². The Bertz CT molecular complexity index is 194. The maximum absolute atomic E-state index is 11.0. The average molecular weight is 137 g/mol. The van der Waals surface area contributed by atoms with E-state index in [1.54, 1.807) is 4.90 Å². The van der Waals surface area contributed by atoms with Crippen LogP contribution in [-0.4, -0.2) is 30.4 Å². The van der Waals surface area contributed by atoms with Gasteiger partial charge >= 0.3 is 12.5 Å². The number of carbonyl (C=O) groups is 1. The normalized spacial score (nSPS) is 15.3. The molecule has 0 saturated carbocycles. The molecule has 0 unspecified atom stereocenters. The average Bonchev–Trinajstić information content (AvgIpc) is 2.38. The topological polar surface area (TPSA) is 24.7 Å². The molecule has 0 atom stereocenters. The minimum absolute atomic E-state index is 0.00694. The third kappa shape index (κ3) is 1.35. The van der Waals surface area contributed by atoms with Crippen LogP contribution in [0.15, 0.2) is 12.2 Å². The largest absolute Gasteiger partial charge is 0.340 e. The highest BCUT2D eigenvalue weighted by molar-refractivity contribution is 5.80. The van der Waals surface area contributed by atoms with E-state index in [1.807, 2.05) is 12.2 Å². The fourth-order valence-corrected chi connectivity index (χ4v) is 0.860. The van der Waals surface area contributed by atoms with Gasteiger partial charge in [-0.05, 0) is 0 Å². The van der Waals surface area contributed by atoms with Crippen LogP contribution >= 0.6 is 0 Å². The zero-order valence-electron chi connectivity index (χ0n) is 5.66. The summed E-state index contributed by atoms with van der Waals surface area (Å²) in [5, 5.41) is 0. The Morgan fingerprint density at radius 2 is 2.20 bits per heavy atom. The van der Waals surface area contributed by atoms with E-state index in [2.05, 4.69) is 4.85 Å². The van der Waals surface area contributed by atoms with E-state index in [-0.39, 0.29) is 12.5 Å². The molecule has 1 heterocycles. The Morgan fingerprint density at radius 1 is 1.60 bits per heavy atom. The summed E-state index contributed by atoms with van der Waals surface area (Å²) >= 11 is 0. The molecular formula is C7H9N2O+. The van der Waals surface area contributed by atoms with Gasteiger partial charge in [0.25, 0.3) is 6.57 Å². The predicted molar refractivity (Wildman–Crippen MR) is 38.9 cm³/mol. The van der Waals surface area contributed by atoms with Gasteiger partial charge in [0.05, 0.1) is 0 Å². The number of hydrogen-bond acceptors (Lipinski definition) is 1. The number of rotatable bonds is 1. The van der Waals surface area contributed by atoms with E-state index in [4.69, 9.17) is 6.57 Å². The standard InChI is InChI=1S/C7H9N2O/c1-8-6-7(10)9-4-2-3-5-9/h1-3H,4-6H2/q+1. The minimum atomic E-state index is -0.00694. The third-order valence-corrected chi connectivity index (χ3v) is 1.40. The monoisotopic (exact) mass is 137 g/mol. The van der Waals surface area contributed by atoms with Crippen molar-refractivity contribution in [2.75, 3.05) is 19.6 Å². The van der Waals surface area contributed by atoms with Crippen molar-refractivity contribution in [2.24, 2.45) is 0 Å². The van der Waals surface area contributed by atoms with Gasteiger partial charge in [-0.15, -0.1) is 0 Å². The van der Waals surface area contributed by atoms with Crippen molar-refractivity contribution in [2.45, 2.75) is 0 Å². The number of nitrogens with zero attached hydrogens (tertiary/aromatic N) is 2. The van der Waals surface area contributed by atoms with Gasteiger partial charge < -0.3 is 4.90 Å². The third-order valence-electron chi connectivity index (χ3n) is 1.40. The van der Waals surface area contributed by atoms with Gasteiger partial charge in [-0.1, -0.05) is 17.0 Å². The lowest BCUT2D eigenvalue weighted by Gasteiger charge is -2.09. The number of carbonyl (C=O) groups excluding carboxylic acids is 1. The Morgan fingerprint density at radius 3 is 2.70 bits per heavy atom. The molecule has 1 rings (SSSR count). The summed E-state index contributed by atoms with van der Waals surface area (Å²) in [5.41, 5.74) is 0. The van der Waals surface area contributed by atoms with Gasteiger partial charge in [0.15, 0.2) is 0 Å². The van der Waals surface area contributed by atoms with Crippen LogP contribution in [-0.2, 0) is 4.79 Å². The lowest BCUT2D eigenvalue weighted by atomic mass is 10.5. The molecule has 0 aromatic heterocycles. The quantitative estimate of drug-likeness (QED) is 0.478. The van der Waals surface area contributed by atoms with Crippen molar-refractivity contribution in [1.82, 2.24) is 4.90 Å². The molecule has 0 radical (unpaired) electrons.